The molecule has 6 nitrogen and oxygen atoms in total. The van der Waals surface area contributed by atoms with Gasteiger partial charge < -0.3 is 10.6 Å². The molecule has 0 atom stereocenters. The number of nitrogens with one attached hydrogen (secondary N) is 2. The molecule has 1 aromatic heterocycles. The summed E-state index contributed by atoms with van der Waals surface area (Å²) < 4.78 is 8.40. The summed E-state index contributed by atoms with van der Waals surface area (Å²) >= 11 is 13.4. The first-order valence-electron chi connectivity index (χ1n) is 6.12. The topological polar surface area (TPSA) is 74.6 Å². The number of benzene rings is 1. The van der Waals surface area contributed by atoms with Gasteiger partial charge in [0.05, 0.1) is 27.1 Å². The molecule has 0 saturated heterocycles. The summed E-state index contributed by atoms with van der Waals surface area (Å²) in [5.74, 6) is 1.34. The average Bonchev–Trinajstić information content (AvgIpc) is 2.94. The highest BCUT2D eigenvalue weighted by Crippen LogP contribution is 2.48. The zero-order valence-electron chi connectivity index (χ0n) is 10.9. The van der Waals surface area contributed by atoms with Crippen LogP contribution in [0.2, 0.25) is 10.0 Å². The van der Waals surface area contributed by atoms with Crippen LogP contribution >= 0.6 is 23.2 Å². The Morgan fingerprint density at radius 1 is 1.05 bits per heavy atom. The van der Waals surface area contributed by atoms with Gasteiger partial charge in [0.25, 0.3) is 0 Å². The molecule has 0 unspecified atom stereocenters. The first kappa shape index (κ1) is 14.2. The molecular formula is C12H10Cl2N6S. The minimum atomic E-state index is 0.462. The van der Waals surface area contributed by atoms with Gasteiger partial charge in [0.15, 0.2) is 0 Å². The van der Waals surface area contributed by atoms with Gasteiger partial charge >= 0.3 is 0 Å². The van der Waals surface area contributed by atoms with E-state index in [9.17, 15) is 0 Å². The third-order valence-electron chi connectivity index (χ3n) is 2.72. The molecule has 1 aliphatic heterocycles. The Labute approximate surface area is 134 Å². The molecule has 3 rings (SSSR count). The molecule has 108 valence electrons. The van der Waals surface area contributed by atoms with E-state index in [-0.39, 0.29) is 0 Å². The summed E-state index contributed by atoms with van der Waals surface area (Å²) in [4.78, 5) is 8.29. The van der Waals surface area contributed by atoms with Crippen LogP contribution in [0, 0.1) is 0 Å². The van der Waals surface area contributed by atoms with E-state index in [0.29, 0.717) is 32.9 Å². The molecular weight excluding hydrogens is 331 g/mol. The highest BCUT2D eigenvalue weighted by molar-refractivity contribution is 7.58. The van der Waals surface area contributed by atoms with Gasteiger partial charge in [-0.15, -0.1) is 0 Å². The Hall–Kier alpha value is -1.70. The molecule has 0 aliphatic carbocycles. The highest BCUT2D eigenvalue weighted by atomic mass is 35.5. The summed E-state index contributed by atoms with van der Waals surface area (Å²) in [7, 11) is 0. The lowest BCUT2D eigenvalue weighted by Gasteiger charge is -2.12. The van der Waals surface area contributed by atoms with Crippen molar-refractivity contribution in [2.45, 2.75) is 6.92 Å². The van der Waals surface area contributed by atoms with E-state index in [0.717, 1.165) is 23.7 Å². The van der Waals surface area contributed by atoms with Crippen molar-refractivity contribution in [1.29, 1.82) is 0 Å². The van der Waals surface area contributed by atoms with E-state index < -0.39 is 0 Å². The van der Waals surface area contributed by atoms with Crippen LogP contribution in [0.5, 0.6) is 0 Å². The SMILES string of the molecule is CCNc1cc(Nc2c(Cl)cc(Cl)c3c2N=S=N3)ncn1. The number of anilines is 3. The van der Waals surface area contributed by atoms with E-state index in [1.807, 2.05) is 6.92 Å². The van der Waals surface area contributed by atoms with Gasteiger partial charge in [0.2, 0.25) is 0 Å². The van der Waals surface area contributed by atoms with Crippen molar-refractivity contribution >= 4 is 63.3 Å². The van der Waals surface area contributed by atoms with Gasteiger partial charge in [-0.1, -0.05) is 23.2 Å². The molecule has 1 aliphatic rings. The second-order valence-electron chi connectivity index (χ2n) is 4.12. The quantitative estimate of drug-likeness (QED) is 0.722. The van der Waals surface area contributed by atoms with Crippen LogP contribution in [0.25, 0.3) is 0 Å². The summed E-state index contributed by atoms with van der Waals surface area (Å²) in [5.41, 5.74) is 1.88. The number of rotatable bonds is 4. The lowest BCUT2D eigenvalue weighted by Crippen LogP contribution is -2.02. The third-order valence-corrected chi connectivity index (χ3v) is 3.84. The van der Waals surface area contributed by atoms with Crippen molar-refractivity contribution in [3.63, 3.8) is 0 Å². The van der Waals surface area contributed by atoms with Gasteiger partial charge in [-0.25, -0.2) is 9.97 Å². The number of fused-ring (bicyclic) bond motifs is 1. The Morgan fingerprint density at radius 2 is 1.81 bits per heavy atom. The van der Waals surface area contributed by atoms with Crippen LogP contribution in [-0.2, 0) is 11.4 Å². The Kier molecular flexibility index (Phi) is 4.05. The first-order valence-corrected chi connectivity index (χ1v) is 7.61. The molecule has 0 spiro atoms. The Balaban J connectivity index is 1.98. The van der Waals surface area contributed by atoms with Crippen LogP contribution in [0.1, 0.15) is 6.92 Å². The molecule has 21 heavy (non-hydrogen) atoms. The molecule has 0 bridgehead atoms. The van der Waals surface area contributed by atoms with Crippen molar-refractivity contribution in [3.05, 3.63) is 28.5 Å². The van der Waals surface area contributed by atoms with Gasteiger partial charge in [-0.05, 0) is 13.0 Å². The van der Waals surface area contributed by atoms with Gasteiger partial charge in [0, 0.05) is 12.6 Å². The minimum Gasteiger partial charge on any atom is -0.370 e. The number of halogens is 2. The molecule has 2 heterocycles. The van der Waals surface area contributed by atoms with E-state index in [2.05, 4.69) is 29.3 Å². The molecule has 2 aromatic rings. The van der Waals surface area contributed by atoms with Gasteiger partial charge in [0.1, 0.15) is 29.3 Å². The maximum atomic E-state index is 6.25. The monoisotopic (exact) mass is 340 g/mol. The van der Waals surface area contributed by atoms with Crippen molar-refractivity contribution in [2.24, 2.45) is 8.73 Å². The normalized spacial score (nSPS) is 12.0. The van der Waals surface area contributed by atoms with Gasteiger partial charge in [-0.2, -0.15) is 8.73 Å². The van der Waals surface area contributed by atoms with Crippen LogP contribution in [-0.4, -0.2) is 16.5 Å². The predicted molar refractivity (Wildman–Crippen MR) is 87.5 cm³/mol. The van der Waals surface area contributed by atoms with E-state index in [4.69, 9.17) is 23.2 Å². The van der Waals surface area contributed by atoms with Crippen molar-refractivity contribution in [3.8, 4) is 0 Å². The number of aromatic nitrogens is 2. The lowest BCUT2D eigenvalue weighted by molar-refractivity contribution is 1.11. The third kappa shape index (κ3) is 2.85. The molecule has 1 aromatic carbocycles. The second-order valence-corrected chi connectivity index (χ2v) is 5.46. The summed E-state index contributed by atoms with van der Waals surface area (Å²) in [6, 6.07) is 3.43. The largest absolute Gasteiger partial charge is 0.370 e. The highest BCUT2D eigenvalue weighted by Gasteiger charge is 2.19. The van der Waals surface area contributed by atoms with Crippen LogP contribution in [0.3, 0.4) is 0 Å². The van der Waals surface area contributed by atoms with Crippen LogP contribution in [0.4, 0.5) is 28.7 Å². The van der Waals surface area contributed by atoms with Crippen LogP contribution in [0.15, 0.2) is 27.2 Å². The first-order chi connectivity index (χ1) is 10.2. The summed E-state index contributed by atoms with van der Waals surface area (Å²) in [6.45, 7) is 2.77. The summed E-state index contributed by atoms with van der Waals surface area (Å²) in [6.07, 6.45) is 1.47. The van der Waals surface area contributed by atoms with Crippen molar-refractivity contribution in [1.82, 2.24) is 9.97 Å². The maximum Gasteiger partial charge on any atom is 0.135 e. The average molecular weight is 341 g/mol. The Morgan fingerprint density at radius 3 is 2.62 bits per heavy atom. The summed E-state index contributed by atoms with van der Waals surface area (Å²) in [5, 5.41) is 7.21. The molecule has 0 fully saturated rings. The Bertz CT molecular complexity index is 773. The fourth-order valence-corrected chi connectivity index (χ4v) is 2.98. The van der Waals surface area contributed by atoms with Crippen molar-refractivity contribution < 1.29 is 0 Å². The minimum absolute atomic E-state index is 0.462. The number of hydrogen-bond donors (Lipinski definition) is 2. The molecule has 9 heteroatoms. The number of hydrogen-bond acceptors (Lipinski definition) is 6. The van der Waals surface area contributed by atoms with E-state index in [1.54, 1.807) is 12.1 Å². The lowest BCUT2D eigenvalue weighted by atomic mass is 10.2. The molecule has 0 saturated carbocycles. The predicted octanol–water partition coefficient (Wildman–Crippen LogP) is 4.69. The molecule has 0 amide bonds. The fraction of sp³-hybridized carbons (Fsp3) is 0.167. The van der Waals surface area contributed by atoms with E-state index in [1.165, 1.54) is 6.33 Å². The standard InChI is InChI=1S/C12H10Cl2N6S/c1-2-15-8-4-9(17-5-16-8)18-10-6(13)3-7(14)11-12(10)20-21-19-11/h3-5H,2H2,1H3,(H2,15,16,17,18). The molecule has 0 radical (unpaired) electrons. The second kappa shape index (κ2) is 5.97. The fourth-order valence-electron chi connectivity index (χ4n) is 1.82. The number of nitrogens with zero attached hydrogens (tertiary/aromatic N) is 4. The van der Waals surface area contributed by atoms with Gasteiger partial charge in [-0.3, -0.25) is 0 Å². The molecule has 2 N–H and O–H groups in total. The zero-order chi connectivity index (χ0) is 14.8. The smallest absolute Gasteiger partial charge is 0.135 e. The maximum absolute atomic E-state index is 6.25. The van der Waals surface area contributed by atoms with Crippen molar-refractivity contribution in [2.75, 3.05) is 17.2 Å². The van der Waals surface area contributed by atoms with E-state index >= 15 is 0 Å². The zero-order valence-corrected chi connectivity index (χ0v) is 13.2. The van der Waals surface area contributed by atoms with Crippen LogP contribution < -0.4 is 10.6 Å².